The smallest absolute Gasteiger partial charge is 0.246 e. The van der Waals surface area contributed by atoms with Crippen LogP contribution in [0.2, 0.25) is 0 Å². The molecular formula is C22H28N4O3. The standard InChI is InChI=1S/C22H28N4O3/c1-16(22(28)25-21-9-7-20(8-10-21)24-17(2)27)23-19-5-3-18(4-6-19)15-26-11-13-29-14-12-26/h3-10,16,23H,11-15H2,1-2H3,(H,24,27)(H,25,28)/t16-/m1/s1. The number of morpholine rings is 1. The van der Waals surface area contributed by atoms with Crippen LogP contribution in [0.25, 0.3) is 0 Å². The summed E-state index contributed by atoms with van der Waals surface area (Å²) in [4.78, 5) is 25.9. The molecule has 7 heteroatoms. The summed E-state index contributed by atoms with van der Waals surface area (Å²) in [5, 5.41) is 8.80. The molecule has 0 aromatic heterocycles. The maximum Gasteiger partial charge on any atom is 0.246 e. The highest BCUT2D eigenvalue weighted by atomic mass is 16.5. The van der Waals surface area contributed by atoms with E-state index in [4.69, 9.17) is 4.74 Å². The van der Waals surface area contributed by atoms with Gasteiger partial charge in [0.2, 0.25) is 11.8 Å². The molecule has 1 atom stereocenters. The number of rotatable bonds is 7. The van der Waals surface area contributed by atoms with Crippen LogP contribution in [0.3, 0.4) is 0 Å². The summed E-state index contributed by atoms with van der Waals surface area (Å²) in [7, 11) is 0. The average molecular weight is 396 g/mol. The lowest BCUT2D eigenvalue weighted by Gasteiger charge is -2.26. The Bertz CT molecular complexity index is 815. The Labute approximate surface area is 171 Å². The van der Waals surface area contributed by atoms with E-state index < -0.39 is 6.04 Å². The zero-order valence-electron chi connectivity index (χ0n) is 16.9. The van der Waals surface area contributed by atoms with Crippen LogP contribution < -0.4 is 16.0 Å². The van der Waals surface area contributed by atoms with E-state index in [0.29, 0.717) is 11.4 Å². The number of carbonyl (C=O) groups is 2. The van der Waals surface area contributed by atoms with Crippen LogP contribution in [0, 0.1) is 0 Å². The van der Waals surface area contributed by atoms with E-state index in [-0.39, 0.29) is 11.8 Å². The summed E-state index contributed by atoms with van der Waals surface area (Å²) < 4.78 is 5.38. The van der Waals surface area contributed by atoms with Crippen LogP contribution in [0.4, 0.5) is 17.1 Å². The number of anilines is 3. The van der Waals surface area contributed by atoms with Crippen LogP contribution in [-0.4, -0.2) is 49.1 Å². The third-order valence-corrected chi connectivity index (χ3v) is 4.71. The lowest BCUT2D eigenvalue weighted by atomic mass is 10.1. The second-order valence-electron chi connectivity index (χ2n) is 7.20. The molecule has 1 aliphatic rings. The molecule has 2 aromatic carbocycles. The number of nitrogens with zero attached hydrogens (tertiary/aromatic N) is 1. The fourth-order valence-electron chi connectivity index (χ4n) is 3.13. The van der Waals surface area contributed by atoms with Gasteiger partial charge in [-0.1, -0.05) is 12.1 Å². The van der Waals surface area contributed by atoms with Gasteiger partial charge in [0.25, 0.3) is 0 Å². The van der Waals surface area contributed by atoms with E-state index in [0.717, 1.165) is 38.5 Å². The normalized spacial score (nSPS) is 15.4. The van der Waals surface area contributed by atoms with Crippen molar-refractivity contribution in [1.82, 2.24) is 4.90 Å². The van der Waals surface area contributed by atoms with Crippen molar-refractivity contribution in [3.63, 3.8) is 0 Å². The number of hydrogen-bond acceptors (Lipinski definition) is 5. The summed E-state index contributed by atoms with van der Waals surface area (Å²) in [6.45, 7) is 7.70. The average Bonchev–Trinajstić information content (AvgIpc) is 2.71. The first-order valence-electron chi connectivity index (χ1n) is 9.84. The summed E-state index contributed by atoms with van der Waals surface area (Å²) >= 11 is 0. The third kappa shape index (κ3) is 6.58. The Kier molecular flexibility index (Phi) is 7.21. The van der Waals surface area contributed by atoms with Crippen molar-refractivity contribution in [2.75, 3.05) is 42.3 Å². The largest absolute Gasteiger partial charge is 0.379 e. The molecule has 0 unspecified atom stereocenters. The topological polar surface area (TPSA) is 82.7 Å². The Balaban J connectivity index is 1.49. The highest BCUT2D eigenvalue weighted by Gasteiger charge is 2.14. The molecular weight excluding hydrogens is 368 g/mol. The first kappa shape index (κ1) is 20.8. The molecule has 1 aliphatic heterocycles. The van der Waals surface area contributed by atoms with Gasteiger partial charge in [-0.15, -0.1) is 0 Å². The Morgan fingerprint density at radius 1 is 0.931 bits per heavy atom. The minimum absolute atomic E-state index is 0.129. The zero-order valence-corrected chi connectivity index (χ0v) is 16.9. The molecule has 2 aromatic rings. The maximum absolute atomic E-state index is 12.4. The summed E-state index contributed by atoms with van der Waals surface area (Å²) in [6, 6.07) is 14.8. The van der Waals surface area contributed by atoms with Gasteiger partial charge in [-0.2, -0.15) is 0 Å². The fourth-order valence-corrected chi connectivity index (χ4v) is 3.13. The Hall–Kier alpha value is -2.90. The van der Waals surface area contributed by atoms with Crippen molar-refractivity contribution < 1.29 is 14.3 Å². The lowest BCUT2D eigenvalue weighted by molar-refractivity contribution is -0.116. The maximum atomic E-state index is 12.4. The van der Waals surface area contributed by atoms with E-state index in [9.17, 15) is 9.59 Å². The Morgan fingerprint density at radius 3 is 2.07 bits per heavy atom. The minimum Gasteiger partial charge on any atom is -0.379 e. The number of ether oxygens (including phenoxy) is 1. The van der Waals surface area contributed by atoms with Gasteiger partial charge in [-0.25, -0.2) is 0 Å². The number of hydrogen-bond donors (Lipinski definition) is 3. The number of carbonyl (C=O) groups excluding carboxylic acids is 2. The van der Waals surface area contributed by atoms with Gasteiger partial charge in [0.15, 0.2) is 0 Å². The minimum atomic E-state index is -0.393. The van der Waals surface area contributed by atoms with Crippen molar-refractivity contribution in [2.24, 2.45) is 0 Å². The summed E-state index contributed by atoms with van der Waals surface area (Å²) in [5.41, 5.74) is 3.52. The van der Waals surface area contributed by atoms with Crippen LogP contribution in [0.15, 0.2) is 48.5 Å². The first-order valence-corrected chi connectivity index (χ1v) is 9.84. The molecule has 1 fully saturated rings. The van der Waals surface area contributed by atoms with Crippen molar-refractivity contribution in [1.29, 1.82) is 0 Å². The number of benzene rings is 2. The second-order valence-corrected chi connectivity index (χ2v) is 7.20. The molecule has 0 radical (unpaired) electrons. The monoisotopic (exact) mass is 396 g/mol. The molecule has 0 bridgehead atoms. The fraction of sp³-hybridized carbons (Fsp3) is 0.364. The number of nitrogens with one attached hydrogen (secondary N) is 3. The van der Waals surface area contributed by atoms with Crippen LogP contribution in [0.5, 0.6) is 0 Å². The van der Waals surface area contributed by atoms with Crippen LogP contribution in [-0.2, 0) is 20.9 Å². The molecule has 1 heterocycles. The lowest BCUT2D eigenvalue weighted by Crippen LogP contribution is -2.35. The van der Waals surface area contributed by atoms with E-state index >= 15 is 0 Å². The molecule has 0 spiro atoms. The van der Waals surface area contributed by atoms with Crippen molar-refractivity contribution in [2.45, 2.75) is 26.4 Å². The van der Waals surface area contributed by atoms with E-state index in [2.05, 4.69) is 33.0 Å². The molecule has 154 valence electrons. The SMILES string of the molecule is CC(=O)Nc1ccc(NC(=O)[C@@H](C)Nc2ccc(CN3CCOCC3)cc2)cc1. The van der Waals surface area contributed by atoms with Gasteiger partial charge >= 0.3 is 0 Å². The van der Waals surface area contributed by atoms with Gasteiger partial charge in [-0.05, 0) is 48.9 Å². The Morgan fingerprint density at radius 2 is 1.48 bits per heavy atom. The van der Waals surface area contributed by atoms with Gasteiger partial charge in [0.1, 0.15) is 6.04 Å². The molecule has 2 amide bonds. The molecule has 29 heavy (non-hydrogen) atoms. The molecule has 3 N–H and O–H groups in total. The predicted molar refractivity (Wildman–Crippen MR) is 115 cm³/mol. The molecule has 0 aliphatic carbocycles. The van der Waals surface area contributed by atoms with E-state index in [1.54, 1.807) is 24.3 Å². The van der Waals surface area contributed by atoms with E-state index in [1.165, 1.54) is 12.5 Å². The van der Waals surface area contributed by atoms with Crippen molar-refractivity contribution >= 4 is 28.9 Å². The van der Waals surface area contributed by atoms with Gasteiger partial charge in [-0.3, -0.25) is 14.5 Å². The van der Waals surface area contributed by atoms with Crippen LogP contribution in [0.1, 0.15) is 19.4 Å². The number of amides is 2. The quantitative estimate of drug-likeness (QED) is 0.670. The second kappa shape index (κ2) is 10.0. The molecule has 3 rings (SSSR count). The summed E-state index contributed by atoms with van der Waals surface area (Å²) in [6.07, 6.45) is 0. The van der Waals surface area contributed by atoms with Gasteiger partial charge < -0.3 is 20.7 Å². The third-order valence-electron chi connectivity index (χ3n) is 4.71. The molecule has 7 nitrogen and oxygen atoms in total. The predicted octanol–water partition coefficient (Wildman–Crippen LogP) is 2.92. The zero-order chi connectivity index (χ0) is 20.6. The van der Waals surface area contributed by atoms with Crippen LogP contribution >= 0.6 is 0 Å². The first-order chi connectivity index (χ1) is 14.0. The van der Waals surface area contributed by atoms with Crippen molar-refractivity contribution in [3.05, 3.63) is 54.1 Å². The molecule has 0 saturated carbocycles. The highest BCUT2D eigenvalue weighted by Crippen LogP contribution is 2.16. The highest BCUT2D eigenvalue weighted by molar-refractivity contribution is 5.96. The summed E-state index contributed by atoms with van der Waals surface area (Å²) in [5.74, 6) is -0.259. The molecule has 1 saturated heterocycles. The van der Waals surface area contributed by atoms with Crippen molar-refractivity contribution in [3.8, 4) is 0 Å². The van der Waals surface area contributed by atoms with Gasteiger partial charge in [0, 0.05) is 43.6 Å². The van der Waals surface area contributed by atoms with E-state index in [1.807, 2.05) is 19.1 Å². The van der Waals surface area contributed by atoms with Gasteiger partial charge in [0.05, 0.1) is 13.2 Å².